The zero-order chi connectivity index (χ0) is 25.2. The average molecular weight is 537 g/mol. The van der Waals surface area contributed by atoms with E-state index in [1.165, 1.54) is 0 Å². The van der Waals surface area contributed by atoms with Crippen LogP contribution in [0.2, 0.25) is 10.0 Å². The molecule has 0 aliphatic carbocycles. The third-order valence-corrected chi connectivity index (χ3v) is 6.40. The quantitative estimate of drug-likeness (QED) is 0.262. The Morgan fingerprint density at radius 1 is 1.03 bits per heavy atom. The van der Waals surface area contributed by atoms with Gasteiger partial charge in [0.15, 0.2) is 11.0 Å². The summed E-state index contributed by atoms with van der Waals surface area (Å²) in [6.45, 7) is 1.97. The van der Waals surface area contributed by atoms with E-state index in [0.29, 0.717) is 16.0 Å². The number of anilines is 1. The van der Waals surface area contributed by atoms with E-state index < -0.39 is 17.6 Å². The molecule has 4 aromatic rings. The van der Waals surface area contributed by atoms with Crippen LogP contribution in [0.3, 0.4) is 0 Å². The molecular weight excluding hydrogens is 520 g/mol. The molecule has 1 aromatic heterocycles. The predicted molar refractivity (Wildman–Crippen MR) is 132 cm³/mol. The number of benzene rings is 3. The molecule has 4 rings (SSSR count). The number of halogens is 5. The van der Waals surface area contributed by atoms with E-state index in [0.717, 1.165) is 46.8 Å². The number of amides is 1. The fourth-order valence-corrected chi connectivity index (χ4v) is 4.33. The number of carbonyl (C=O) groups excluding carboxylic acids is 1. The highest BCUT2D eigenvalue weighted by Crippen LogP contribution is 2.34. The lowest BCUT2D eigenvalue weighted by atomic mass is 10.2. The van der Waals surface area contributed by atoms with Crippen molar-refractivity contribution in [2.75, 3.05) is 11.1 Å². The van der Waals surface area contributed by atoms with E-state index in [-0.39, 0.29) is 16.5 Å². The van der Waals surface area contributed by atoms with E-state index in [1.807, 2.05) is 37.3 Å². The van der Waals surface area contributed by atoms with Crippen molar-refractivity contribution in [3.63, 3.8) is 0 Å². The number of thioether (sulfide) groups is 1. The first-order chi connectivity index (χ1) is 16.6. The maximum absolute atomic E-state index is 13.0. The highest BCUT2D eigenvalue weighted by Gasteiger charge is 2.31. The maximum Gasteiger partial charge on any atom is 0.416 e. The summed E-state index contributed by atoms with van der Waals surface area (Å²) in [6, 6.07) is 17.6. The molecule has 1 heterocycles. The van der Waals surface area contributed by atoms with Gasteiger partial charge in [-0.25, -0.2) is 0 Å². The van der Waals surface area contributed by atoms with Crippen LogP contribution in [0.1, 0.15) is 11.1 Å². The van der Waals surface area contributed by atoms with Crippen molar-refractivity contribution in [2.45, 2.75) is 18.3 Å². The molecule has 0 saturated heterocycles. The minimum atomic E-state index is -4.56. The van der Waals surface area contributed by atoms with Crippen LogP contribution in [-0.4, -0.2) is 26.4 Å². The van der Waals surface area contributed by atoms with Crippen LogP contribution in [0, 0.1) is 6.92 Å². The topological polar surface area (TPSA) is 59.8 Å². The standard InChI is InChI=1S/C24H17Cl2F3N4OS/c1-14-5-8-18(9-6-14)33-22(15-3-2-4-17(25)11-15)31-32-23(33)35-13-21(34)30-20-12-16(24(27,28)29)7-10-19(20)26/h2-12H,13H2,1H3,(H,30,34). The lowest BCUT2D eigenvalue weighted by molar-refractivity contribution is -0.137. The number of hydrogen-bond acceptors (Lipinski definition) is 4. The molecule has 0 spiro atoms. The summed E-state index contributed by atoms with van der Waals surface area (Å²) < 4.78 is 40.8. The van der Waals surface area contributed by atoms with Gasteiger partial charge in [-0.15, -0.1) is 10.2 Å². The summed E-state index contributed by atoms with van der Waals surface area (Å²) in [7, 11) is 0. The Hall–Kier alpha value is -3.01. The fourth-order valence-electron chi connectivity index (χ4n) is 3.22. The maximum atomic E-state index is 13.0. The molecule has 0 aliphatic heterocycles. The lowest BCUT2D eigenvalue weighted by Crippen LogP contribution is -2.16. The normalized spacial score (nSPS) is 11.5. The van der Waals surface area contributed by atoms with Crippen LogP contribution >= 0.6 is 35.0 Å². The number of carbonyl (C=O) groups is 1. The number of nitrogens with zero attached hydrogens (tertiary/aromatic N) is 3. The highest BCUT2D eigenvalue weighted by molar-refractivity contribution is 7.99. The summed E-state index contributed by atoms with van der Waals surface area (Å²) in [6.07, 6.45) is -4.56. The fraction of sp³-hybridized carbons (Fsp3) is 0.125. The Kier molecular flexibility index (Phi) is 7.39. The number of aryl methyl sites for hydroxylation is 1. The molecule has 11 heteroatoms. The Bertz CT molecular complexity index is 1370. The number of rotatable bonds is 6. The summed E-state index contributed by atoms with van der Waals surface area (Å²) in [5, 5.41) is 11.9. The third-order valence-electron chi connectivity index (χ3n) is 4.91. The van der Waals surface area contributed by atoms with Crippen LogP contribution in [0.25, 0.3) is 17.1 Å². The van der Waals surface area contributed by atoms with Crippen molar-refractivity contribution in [1.29, 1.82) is 0 Å². The zero-order valence-electron chi connectivity index (χ0n) is 18.1. The minimum Gasteiger partial charge on any atom is -0.324 e. The van der Waals surface area contributed by atoms with Crippen molar-refractivity contribution in [1.82, 2.24) is 14.8 Å². The van der Waals surface area contributed by atoms with Crippen LogP contribution < -0.4 is 5.32 Å². The molecule has 1 amide bonds. The number of nitrogens with one attached hydrogen (secondary N) is 1. The molecule has 180 valence electrons. The molecule has 0 saturated carbocycles. The van der Waals surface area contributed by atoms with E-state index in [1.54, 1.807) is 22.8 Å². The van der Waals surface area contributed by atoms with E-state index >= 15 is 0 Å². The van der Waals surface area contributed by atoms with Gasteiger partial charge in [0.25, 0.3) is 0 Å². The van der Waals surface area contributed by atoms with Crippen molar-refractivity contribution in [3.8, 4) is 17.1 Å². The molecule has 0 unspecified atom stereocenters. The summed E-state index contributed by atoms with van der Waals surface area (Å²) in [5.41, 5.74) is 1.55. The van der Waals surface area contributed by atoms with Gasteiger partial charge in [-0.2, -0.15) is 13.2 Å². The summed E-state index contributed by atoms with van der Waals surface area (Å²) in [5.74, 6) is -0.147. The molecule has 1 N–H and O–H groups in total. The highest BCUT2D eigenvalue weighted by atomic mass is 35.5. The zero-order valence-corrected chi connectivity index (χ0v) is 20.4. The Morgan fingerprint density at radius 3 is 2.46 bits per heavy atom. The molecule has 5 nitrogen and oxygen atoms in total. The lowest BCUT2D eigenvalue weighted by Gasteiger charge is -2.12. The SMILES string of the molecule is Cc1ccc(-n2c(SCC(=O)Nc3cc(C(F)(F)F)ccc3Cl)nnc2-c2cccc(Cl)c2)cc1. The second kappa shape index (κ2) is 10.3. The van der Waals surface area contributed by atoms with Gasteiger partial charge >= 0.3 is 6.18 Å². The van der Waals surface area contributed by atoms with Gasteiger partial charge in [-0.05, 0) is 49.4 Å². The Morgan fingerprint density at radius 2 is 1.77 bits per heavy atom. The van der Waals surface area contributed by atoms with Crippen molar-refractivity contribution < 1.29 is 18.0 Å². The molecule has 0 radical (unpaired) electrons. The Balaban J connectivity index is 1.59. The van der Waals surface area contributed by atoms with Gasteiger partial charge in [0.1, 0.15) is 0 Å². The molecule has 0 atom stereocenters. The van der Waals surface area contributed by atoms with Crippen molar-refractivity contribution in [3.05, 3.63) is 87.9 Å². The molecule has 3 aromatic carbocycles. The average Bonchev–Trinajstić information content (AvgIpc) is 3.23. The largest absolute Gasteiger partial charge is 0.416 e. The first-order valence-corrected chi connectivity index (χ1v) is 11.9. The van der Waals surface area contributed by atoms with Gasteiger partial charge in [0, 0.05) is 16.3 Å². The smallest absolute Gasteiger partial charge is 0.324 e. The third kappa shape index (κ3) is 5.98. The van der Waals surface area contributed by atoms with Crippen LogP contribution in [0.4, 0.5) is 18.9 Å². The molecule has 0 fully saturated rings. The van der Waals surface area contributed by atoms with Gasteiger partial charge in [0.2, 0.25) is 5.91 Å². The number of hydrogen-bond donors (Lipinski definition) is 1. The first-order valence-electron chi connectivity index (χ1n) is 10.2. The molecular formula is C24H17Cl2F3N4OS. The predicted octanol–water partition coefficient (Wildman–Crippen LogP) is 7.30. The second-order valence-corrected chi connectivity index (χ2v) is 9.30. The minimum absolute atomic E-state index is 0.00224. The van der Waals surface area contributed by atoms with E-state index in [2.05, 4.69) is 15.5 Å². The monoisotopic (exact) mass is 536 g/mol. The number of aromatic nitrogens is 3. The van der Waals surface area contributed by atoms with Gasteiger partial charge in [0.05, 0.1) is 22.0 Å². The van der Waals surface area contributed by atoms with Crippen molar-refractivity contribution in [2.24, 2.45) is 0 Å². The van der Waals surface area contributed by atoms with Gasteiger partial charge in [-0.1, -0.05) is 64.8 Å². The van der Waals surface area contributed by atoms with Crippen molar-refractivity contribution >= 4 is 46.6 Å². The number of alkyl halides is 3. The van der Waals surface area contributed by atoms with Crippen LogP contribution in [0.5, 0.6) is 0 Å². The summed E-state index contributed by atoms with van der Waals surface area (Å²) in [4.78, 5) is 12.6. The van der Waals surface area contributed by atoms with E-state index in [4.69, 9.17) is 23.2 Å². The first kappa shape index (κ1) is 25.1. The van der Waals surface area contributed by atoms with Gasteiger partial charge in [-0.3, -0.25) is 9.36 Å². The van der Waals surface area contributed by atoms with E-state index in [9.17, 15) is 18.0 Å². The Labute approximate surface area is 213 Å². The molecule has 35 heavy (non-hydrogen) atoms. The van der Waals surface area contributed by atoms with Crippen LogP contribution in [-0.2, 0) is 11.0 Å². The molecule has 0 aliphatic rings. The molecule has 0 bridgehead atoms. The van der Waals surface area contributed by atoms with Gasteiger partial charge < -0.3 is 5.32 Å². The summed E-state index contributed by atoms with van der Waals surface area (Å²) >= 11 is 13.2. The van der Waals surface area contributed by atoms with Crippen LogP contribution in [0.15, 0.2) is 71.9 Å². The second-order valence-electron chi connectivity index (χ2n) is 7.52.